The van der Waals surface area contributed by atoms with Crippen LogP contribution in [0.25, 0.3) is 0 Å². The minimum absolute atomic E-state index is 0.517. The molecule has 0 atom stereocenters. The summed E-state index contributed by atoms with van der Waals surface area (Å²) in [5.74, 6) is 1.31. The van der Waals surface area contributed by atoms with Gasteiger partial charge in [-0.3, -0.25) is 4.98 Å². The van der Waals surface area contributed by atoms with Gasteiger partial charge in [-0.1, -0.05) is 56.3 Å². The van der Waals surface area contributed by atoms with Crippen LogP contribution in [0.4, 0.5) is 5.69 Å². The molecule has 0 radical (unpaired) electrons. The summed E-state index contributed by atoms with van der Waals surface area (Å²) >= 11 is 5.81. The van der Waals surface area contributed by atoms with Crippen LogP contribution in [0.1, 0.15) is 43.4 Å². The Bertz CT molecular complexity index is 942. The zero-order valence-corrected chi connectivity index (χ0v) is 18.7. The Kier molecular flexibility index (Phi) is 7.80. The number of para-hydroxylation sites is 2. The SMILES string of the molecule is CCOc1ccccc1NC(=S)N(Cc1ccc(C(C)C)cc1)Cc1cccnc1. The van der Waals surface area contributed by atoms with Crippen LogP contribution in [0.5, 0.6) is 5.75 Å². The lowest BCUT2D eigenvalue weighted by Crippen LogP contribution is -2.34. The number of hydrogen-bond donors (Lipinski definition) is 1. The van der Waals surface area contributed by atoms with Crippen LogP contribution >= 0.6 is 12.2 Å². The second kappa shape index (κ2) is 10.7. The zero-order valence-electron chi connectivity index (χ0n) is 17.8. The summed E-state index contributed by atoms with van der Waals surface area (Å²) in [4.78, 5) is 6.40. The van der Waals surface area contributed by atoms with Gasteiger partial charge in [0.1, 0.15) is 5.75 Å². The minimum atomic E-state index is 0.517. The van der Waals surface area contributed by atoms with Crippen molar-refractivity contribution in [3.63, 3.8) is 0 Å². The molecule has 1 N–H and O–H groups in total. The fourth-order valence-electron chi connectivity index (χ4n) is 3.19. The molecule has 156 valence electrons. The Balaban J connectivity index is 1.80. The predicted molar refractivity (Wildman–Crippen MR) is 128 cm³/mol. The average molecular weight is 420 g/mol. The van der Waals surface area contributed by atoms with Crippen molar-refractivity contribution in [2.24, 2.45) is 0 Å². The molecule has 0 spiro atoms. The highest BCUT2D eigenvalue weighted by molar-refractivity contribution is 7.80. The molecule has 1 heterocycles. The maximum atomic E-state index is 5.81. The molecule has 0 amide bonds. The van der Waals surface area contributed by atoms with Crippen molar-refractivity contribution in [3.8, 4) is 5.75 Å². The van der Waals surface area contributed by atoms with E-state index < -0.39 is 0 Å². The van der Waals surface area contributed by atoms with Gasteiger partial charge in [0, 0.05) is 25.5 Å². The molecular formula is C25H29N3OS. The highest BCUT2D eigenvalue weighted by Crippen LogP contribution is 2.25. The van der Waals surface area contributed by atoms with Gasteiger partial charge in [0.25, 0.3) is 0 Å². The smallest absolute Gasteiger partial charge is 0.174 e. The molecule has 0 saturated heterocycles. The molecule has 0 saturated carbocycles. The number of thiocarbonyl (C=S) groups is 1. The van der Waals surface area contributed by atoms with Gasteiger partial charge < -0.3 is 15.0 Å². The van der Waals surface area contributed by atoms with Crippen molar-refractivity contribution in [1.82, 2.24) is 9.88 Å². The maximum absolute atomic E-state index is 5.81. The number of hydrogen-bond acceptors (Lipinski definition) is 3. The molecule has 3 rings (SSSR count). The number of nitrogens with one attached hydrogen (secondary N) is 1. The first kappa shape index (κ1) is 21.8. The van der Waals surface area contributed by atoms with E-state index in [1.165, 1.54) is 11.1 Å². The molecule has 1 aromatic heterocycles. The summed E-state index contributed by atoms with van der Waals surface area (Å²) in [6, 6.07) is 20.6. The summed E-state index contributed by atoms with van der Waals surface area (Å²) in [7, 11) is 0. The summed E-state index contributed by atoms with van der Waals surface area (Å²) in [6.45, 7) is 8.37. The van der Waals surface area contributed by atoms with Gasteiger partial charge in [0.2, 0.25) is 0 Å². The Hall–Kier alpha value is -2.92. The number of anilines is 1. The monoisotopic (exact) mass is 419 g/mol. The minimum Gasteiger partial charge on any atom is -0.492 e. The standard InChI is InChI=1S/C25H29N3OS/c1-4-29-24-10-6-5-9-23(24)27-25(30)28(18-21-8-7-15-26-16-21)17-20-11-13-22(14-12-20)19(2)3/h5-16,19H,4,17-18H2,1-3H3,(H,27,30). The van der Waals surface area contributed by atoms with E-state index in [2.05, 4.69) is 59.4 Å². The summed E-state index contributed by atoms with van der Waals surface area (Å²) in [6.07, 6.45) is 3.67. The molecule has 0 aliphatic rings. The van der Waals surface area contributed by atoms with Crippen molar-refractivity contribution in [2.45, 2.75) is 39.8 Å². The fraction of sp³-hybridized carbons (Fsp3) is 0.280. The van der Waals surface area contributed by atoms with Gasteiger partial charge in [-0.2, -0.15) is 0 Å². The molecule has 2 aromatic carbocycles. The Morgan fingerprint density at radius 1 is 1.00 bits per heavy atom. The Labute approximate surface area is 184 Å². The van der Waals surface area contributed by atoms with E-state index in [1.54, 1.807) is 6.20 Å². The maximum Gasteiger partial charge on any atom is 0.174 e. The fourth-order valence-corrected chi connectivity index (χ4v) is 3.42. The molecule has 30 heavy (non-hydrogen) atoms. The predicted octanol–water partition coefficient (Wildman–Crippen LogP) is 6.00. The number of pyridine rings is 1. The lowest BCUT2D eigenvalue weighted by atomic mass is 10.0. The molecule has 5 heteroatoms. The second-order valence-electron chi connectivity index (χ2n) is 7.47. The number of aromatic nitrogens is 1. The van der Waals surface area contributed by atoms with E-state index in [4.69, 9.17) is 17.0 Å². The van der Waals surface area contributed by atoms with Crippen LogP contribution in [0.15, 0.2) is 73.1 Å². The third-order valence-electron chi connectivity index (χ3n) is 4.83. The number of rotatable bonds is 8. The first-order chi connectivity index (χ1) is 14.6. The summed E-state index contributed by atoms with van der Waals surface area (Å²) in [5, 5.41) is 4.03. The average Bonchev–Trinajstić information content (AvgIpc) is 2.76. The lowest BCUT2D eigenvalue weighted by molar-refractivity contribution is 0.342. The largest absolute Gasteiger partial charge is 0.492 e. The van der Waals surface area contributed by atoms with Crippen molar-refractivity contribution in [3.05, 3.63) is 89.7 Å². The Morgan fingerprint density at radius 3 is 2.40 bits per heavy atom. The molecule has 3 aromatic rings. The topological polar surface area (TPSA) is 37.4 Å². The number of ether oxygens (including phenoxy) is 1. The van der Waals surface area contributed by atoms with E-state index in [9.17, 15) is 0 Å². The normalized spacial score (nSPS) is 10.7. The first-order valence-electron chi connectivity index (χ1n) is 10.3. The van der Waals surface area contributed by atoms with Crippen LogP contribution in [-0.2, 0) is 13.1 Å². The van der Waals surface area contributed by atoms with Crippen LogP contribution < -0.4 is 10.1 Å². The highest BCUT2D eigenvalue weighted by Gasteiger charge is 2.14. The van der Waals surface area contributed by atoms with Crippen molar-refractivity contribution >= 4 is 23.0 Å². The second-order valence-corrected chi connectivity index (χ2v) is 7.86. The van der Waals surface area contributed by atoms with Crippen molar-refractivity contribution < 1.29 is 4.74 Å². The number of nitrogens with zero attached hydrogens (tertiary/aromatic N) is 2. The highest BCUT2D eigenvalue weighted by atomic mass is 32.1. The molecule has 0 bridgehead atoms. The quantitative estimate of drug-likeness (QED) is 0.453. The first-order valence-corrected chi connectivity index (χ1v) is 10.7. The summed E-state index contributed by atoms with van der Waals surface area (Å²) in [5.41, 5.74) is 4.53. The van der Waals surface area contributed by atoms with Crippen LogP contribution in [0, 0.1) is 0 Å². The molecule has 0 aliphatic heterocycles. The number of benzene rings is 2. The van der Waals surface area contributed by atoms with Gasteiger partial charge in [-0.15, -0.1) is 0 Å². The zero-order chi connectivity index (χ0) is 21.3. The molecule has 0 unspecified atom stereocenters. The van der Waals surface area contributed by atoms with Gasteiger partial charge >= 0.3 is 0 Å². The molecule has 0 aliphatic carbocycles. The van der Waals surface area contributed by atoms with Gasteiger partial charge in [-0.25, -0.2) is 0 Å². The Morgan fingerprint density at radius 2 is 1.73 bits per heavy atom. The molecule has 4 nitrogen and oxygen atoms in total. The van der Waals surface area contributed by atoms with Crippen LogP contribution in [-0.4, -0.2) is 21.6 Å². The van der Waals surface area contributed by atoms with E-state index >= 15 is 0 Å². The van der Waals surface area contributed by atoms with Crippen molar-refractivity contribution in [2.75, 3.05) is 11.9 Å². The van der Waals surface area contributed by atoms with E-state index in [-0.39, 0.29) is 0 Å². The molecular weight excluding hydrogens is 390 g/mol. The van der Waals surface area contributed by atoms with Crippen molar-refractivity contribution in [1.29, 1.82) is 0 Å². The van der Waals surface area contributed by atoms with Crippen LogP contribution in [0.2, 0.25) is 0 Å². The van der Waals surface area contributed by atoms with Gasteiger partial charge in [-0.05, 0) is 59.9 Å². The van der Waals surface area contributed by atoms with Gasteiger partial charge in [0.05, 0.1) is 12.3 Å². The van der Waals surface area contributed by atoms with Crippen LogP contribution in [0.3, 0.4) is 0 Å². The third kappa shape index (κ3) is 6.04. The third-order valence-corrected chi connectivity index (χ3v) is 5.19. The van der Waals surface area contributed by atoms with E-state index in [1.807, 2.05) is 43.5 Å². The van der Waals surface area contributed by atoms with Gasteiger partial charge in [0.15, 0.2) is 5.11 Å². The van der Waals surface area contributed by atoms with E-state index in [0.29, 0.717) is 30.7 Å². The lowest BCUT2D eigenvalue weighted by Gasteiger charge is -2.27. The van der Waals surface area contributed by atoms with E-state index in [0.717, 1.165) is 17.0 Å². The molecule has 0 fully saturated rings. The summed E-state index contributed by atoms with van der Waals surface area (Å²) < 4.78 is 5.74.